The molecule has 0 bridgehead atoms. The zero-order valence-electron chi connectivity index (χ0n) is 20.5. The van der Waals surface area contributed by atoms with Crippen molar-refractivity contribution in [2.24, 2.45) is 10.2 Å². The molecule has 0 atom stereocenters. The maximum absolute atomic E-state index is 12.6. The third-order valence-electron chi connectivity index (χ3n) is 5.39. The van der Waals surface area contributed by atoms with Crippen molar-refractivity contribution in [1.82, 2.24) is 0 Å². The van der Waals surface area contributed by atoms with Gasteiger partial charge in [0.2, 0.25) is 0 Å². The number of hydrogen-bond acceptors (Lipinski definition) is 6. The molecule has 0 saturated carbocycles. The average Bonchev–Trinajstić information content (AvgIpc) is 2.89. The van der Waals surface area contributed by atoms with Crippen molar-refractivity contribution < 1.29 is 19.0 Å². The Morgan fingerprint density at radius 1 is 0.778 bits per heavy atom. The molecule has 0 unspecified atom stereocenters. The molecule has 0 N–H and O–H groups in total. The van der Waals surface area contributed by atoms with Crippen molar-refractivity contribution in [1.29, 1.82) is 0 Å². The molecule has 0 heterocycles. The van der Waals surface area contributed by atoms with Gasteiger partial charge in [0.15, 0.2) is 5.75 Å². The number of hydrogen-bond donors (Lipinski definition) is 0. The SMILES string of the molecule is CCCCCCCCOc1ccc(C(=O)Oc2c(Cl)cc(N=Nc3ccc(OC)cc3)cc2Cl)cc1. The van der Waals surface area contributed by atoms with Crippen LogP contribution in [0.15, 0.2) is 70.9 Å². The number of methoxy groups -OCH3 is 1. The molecule has 0 fully saturated rings. The second-order valence-corrected chi connectivity index (χ2v) is 8.98. The van der Waals surface area contributed by atoms with E-state index in [4.69, 9.17) is 37.4 Å². The van der Waals surface area contributed by atoms with Crippen molar-refractivity contribution in [3.63, 3.8) is 0 Å². The number of esters is 1. The Kier molecular flexibility index (Phi) is 11.0. The van der Waals surface area contributed by atoms with Gasteiger partial charge in [-0.1, -0.05) is 62.2 Å². The fourth-order valence-electron chi connectivity index (χ4n) is 3.38. The topological polar surface area (TPSA) is 69.5 Å². The van der Waals surface area contributed by atoms with Gasteiger partial charge in [-0.25, -0.2) is 4.79 Å². The Balaban J connectivity index is 1.54. The standard InChI is InChI=1S/C28H30Cl2N2O4/c1-3-4-5-6-7-8-17-35-24-13-9-20(10-14-24)28(33)36-27-25(29)18-22(19-26(27)30)32-31-21-11-15-23(34-2)16-12-21/h9-16,18-19H,3-8,17H2,1-2H3. The van der Waals surface area contributed by atoms with E-state index in [0.717, 1.165) is 18.6 Å². The Labute approximate surface area is 222 Å². The van der Waals surface area contributed by atoms with Crippen LogP contribution in [0.3, 0.4) is 0 Å². The first kappa shape index (κ1) is 27.5. The van der Waals surface area contributed by atoms with Gasteiger partial charge in [-0.2, -0.15) is 10.2 Å². The number of carbonyl (C=O) groups excluding carboxylic acids is 1. The zero-order chi connectivity index (χ0) is 25.8. The first-order valence-electron chi connectivity index (χ1n) is 12.0. The van der Waals surface area contributed by atoms with Gasteiger partial charge in [0, 0.05) is 0 Å². The summed E-state index contributed by atoms with van der Waals surface area (Å²) in [7, 11) is 1.59. The molecule has 3 rings (SSSR count). The van der Waals surface area contributed by atoms with E-state index >= 15 is 0 Å². The molecule has 0 spiro atoms. The van der Waals surface area contributed by atoms with Gasteiger partial charge >= 0.3 is 5.97 Å². The maximum Gasteiger partial charge on any atom is 0.343 e. The van der Waals surface area contributed by atoms with Crippen molar-refractivity contribution >= 4 is 40.5 Å². The summed E-state index contributed by atoms with van der Waals surface area (Å²) in [5, 5.41) is 8.61. The van der Waals surface area contributed by atoms with Gasteiger partial charge in [0.05, 0.1) is 40.7 Å². The second kappa shape index (κ2) is 14.5. The van der Waals surface area contributed by atoms with E-state index in [2.05, 4.69) is 17.2 Å². The zero-order valence-corrected chi connectivity index (χ0v) is 22.0. The van der Waals surface area contributed by atoms with Crippen LogP contribution in [0.2, 0.25) is 10.0 Å². The predicted molar refractivity (Wildman–Crippen MR) is 144 cm³/mol. The molecule has 8 heteroatoms. The highest BCUT2D eigenvalue weighted by atomic mass is 35.5. The molecular formula is C28H30Cl2N2O4. The lowest BCUT2D eigenvalue weighted by Gasteiger charge is -2.10. The van der Waals surface area contributed by atoms with Crippen LogP contribution in [0.4, 0.5) is 11.4 Å². The molecule has 0 aliphatic carbocycles. The molecule has 0 aliphatic heterocycles. The van der Waals surface area contributed by atoms with Crippen LogP contribution >= 0.6 is 23.2 Å². The molecule has 0 aromatic heterocycles. The van der Waals surface area contributed by atoms with E-state index < -0.39 is 5.97 Å². The quantitative estimate of drug-likeness (QED) is 0.0957. The van der Waals surface area contributed by atoms with E-state index in [1.807, 2.05) is 0 Å². The predicted octanol–water partition coefficient (Wildman–Crippen LogP) is 9.38. The first-order valence-corrected chi connectivity index (χ1v) is 12.8. The molecule has 0 aliphatic rings. The lowest BCUT2D eigenvalue weighted by atomic mass is 10.1. The smallest absolute Gasteiger partial charge is 0.343 e. The van der Waals surface area contributed by atoms with Crippen LogP contribution in [0.5, 0.6) is 17.2 Å². The minimum atomic E-state index is -0.575. The first-order chi connectivity index (χ1) is 17.5. The largest absolute Gasteiger partial charge is 0.497 e. The number of benzene rings is 3. The number of unbranched alkanes of at least 4 members (excludes halogenated alkanes) is 5. The third kappa shape index (κ3) is 8.54. The van der Waals surface area contributed by atoms with E-state index in [9.17, 15) is 4.79 Å². The summed E-state index contributed by atoms with van der Waals surface area (Å²) in [4.78, 5) is 12.6. The van der Waals surface area contributed by atoms with Crippen molar-refractivity contribution in [3.05, 3.63) is 76.3 Å². The number of halogens is 2. The van der Waals surface area contributed by atoms with Crippen molar-refractivity contribution in [2.45, 2.75) is 45.4 Å². The normalized spacial score (nSPS) is 11.0. The lowest BCUT2D eigenvalue weighted by molar-refractivity contribution is 0.0735. The molecule has 190 valence electrons. The molecule has 0 amide bonds. The molecule has 3 aromatic rings. The monoisotopic (exact) mass is 528 g/mol. The minimum absolute atomic E-state index is 0.0649. The van der Waals surface area contributed by atoms with Crippen LogP contribution in [-0.2, 0) is 0 Å². The van der Waals surface area contributed by atoms with Crippen LogP contribution in [0, 0.1) is 0 Å². The molecule has 0 radical (unpaired) electrons. The highest BCUT2D eigenvalue weighted by molar-refractivity contribution is 6.37. The summed E-state index contributed by atoms with van der Waals surface area (Å²) in [6.45, 7) is 2.87. The van der Waals surface area contributed by atoms with Crippen molar-refractivity contribution in [2.75, 3.05) is 13.7 Å². The molecule has 3 aromatic carbocycles. The second-order valence-electron chi connectivity index (χ2n) is 8.17. The lowest BCUT2D eigenvalue weighted by Crippen LogP contribution is -2.09. The van der Waals surface area contributed by atoms with Crippen LogP contribution in [-0.4, -0.2) is 19.7 Å². The fourth-order valence-corrected chi connectivity index (χ4v) is 3.93. The van der Waals surface area contributed by atoms with E-state index in [-0.39, 0.29) is 15.8 Å². The molecule has 6 nitrogen and oxygen atoms in total. The summed E-state index contributed by atoms with van der Waals surface area (Å²) < 4.78 is 16.3. The fraction of sp³-hybridized carbons (Fsp3) is 0.321. The Morgan fingerprint density at radius 2 is 1.36 bits per heavy atom. The number of ether oxygens (including phenoxy) is 3. The van der Waals surface area contributed by atoms with Crippen LogP contribution in [0.1, 0.15) is 55.8 Å². The summed E-state index contributed by atoms with van der Waals surface area (Å²) in [5.41, 5.74) is 1.42. The highest BCUT2D eigenvalue weighted by Crippen LogP contribution is 2.38. The summed E-state index contributed by atoms with van der Waals surface area (Å²) in [6, 6.07) is 17.0. The summed E-state index contributed by atoms with van der Waals surface area (Å²) >= 11 is 12.6. The van der Waals surface area contributed by atoms with Gasteiger partial charge in [-0.3, -0.25) is 0 Å². The van der Waals surface area contributed by atoms with E-state index in [0.29, 0.717) is 29.3 Å². The minimum Gasteiger partial charge on any atom is -0.497 e. The van der Waals surface area contributed by atoms with Crippen LogP contribution in [0.25, 0.3) is 0 Å². The molecular weight excluding hydrogens is 499 g/mol. The van der Waals surface area contributed by atoms with Gasteiger partial charge in [0.25, 0.3) is 0 Å². The number of azo groups is 1. The Bertz CT molecular complexity index is 1130. The Hall–Kier alpha value is -3.09. The molecule has 36 heavy (non-hydrogen) atoms. The Morgan fingerprint density at radius 3 is 2.00 bits per heavy atom. The maximum atomic E-state index is 12.6. The third-order valence-corrected chi connectivity index (χ3v) is 5.95. The van der Waals surface area contributed by atoms with E-state index in [1.54, 1.807) is 55.6 Å². The van der Waals surface area contributed by atoms with E-state index in [1.165, 1.54) is 37.8 Å². The number of rotatable bonds is 13. The summed E-state index contributed by atoms with van der Waals surface area (Å²) in [5.74, 6) is 0.924. The van der Waals surface area contributed by atoms with Gasteiger partial charge in [0.1, 0.15) is 11.5 Å². The van der Waals surface area contributed by atoms with Crippen molar-refractivity contribution in [3.8, 4) is 17.2 Å². The number of carbonyl (C=O) groups is 1. The van der Waals surface area contributed by atoms with Gasteiger partial charge < -0.3 is 14.2 Å². The van der Waals surface area contributed by atoms with Gasteiger partial charge in [-0.15, -0.1) is 0 Å². The van der Waals surface area contributed by atoms with Gasteiger partial charge in [-0.05, 0) is 67.1 Å². The van der Waals surface area contributed by atoms with Crippen LogP contribution < -0.4 is 14.2 Å². The average molecular weight is 529 g/mol. The summed E-state index contributed by atoms with van der Waals surface area (Å²) in [6.07, 6.45) is 7.21. The highest BCUT2D eigenvalue weighted by Gasteiger charge is 2.16. The molecule has 0 saturated heterocycles. The number of nitrogens with zero attached hydrogens (tertiary/aromatic N) is 2.